The Morgan fingerprint density at radius 2 is 2.33 bits per heavy atom. The number of hydrogen-bond acceptors (Lipinski definition) is 4. The SMILES string of the molecule is CCNc1ccc(N)c2c1CN(O)C=C2. The molecule has 0 atom stereocenters. The van der Waals surface area contributed by atoms with Crippen molar-refractivity contribution in [1.82, 2.24) is 5.06 Å². The highest BCUT2D eigenvalue weighted by atomic mass is 16.5. The lowest BCUT2D eigenvalue weighted by molar-refractivity contribution is -0.0492. The number of rotatable bonds is 2. The van der Waals surface area contributed by atoms with Crippen LogP contribution in [0.3, 0.4) is 0 Å². The minimum Gasteiger partial charge on any atom is -0.398 e. The quantitative estimate of drug-likeness (QED) is 0.645. The van der Waals surface area contributed by atoms with Gasteiger partial charge in [-0.05, 0) is 25.1 Å². The maximum absolute atomic E-state index is 9.42. The van der Waals surface area contributed by atoms with E-state index in [-0.39, 0.29) is 0 Å². The van der Waals surface area contributed by atoms with Gasteiger partial charge in [0.05, 0.1) is 6.54 Å². The van der Waals surface area contributed by atoms with Crippen molar-refractivity contribution >= 4 is 17.5 Å². The molecule has 2 rings (SSSR count). The van der Waals surface area contributed by atoms with Gasteiger partial charge in [0.2, 0.25) is 0 Å². The van der Waals surface area contributed by atoms with Gasteiger partial charge in [-0.3, -0.25) is 10.3 Å². The molecule has 0 spiro atoms. The van der Waals surface area contributed by atoms with E-state index in [1.807, 2.05) is 25.1 Å². The Morgan fingerprint density at radius 3 is 3.07 bits per heavy atom. The van der Waals surface area contributed by atoms with Crippen LogP contribution in [-0.4, -0.2) is 16.8 Å². The fourth-order valence-corrected chi connectivity index (χ4v) is 1.78. The Balaban J connectivity index is 2.49. The highest BCUT2D eigenvalue weighted by Crippen LogP contribution is 2.30. The Hall–Kier alpha value is -1.68. The van der Waals surface area contributed by atoms with Crippen LogP contribution in [-0.2, 0) is 6.54 Å². The maximum atomic E-state index is 9.42. The first-order valence-corrected chi connectivity index (χ1v) is 5.01. The normalized spacial score (nSPS) is 13.9. The van der Waals surface area contributed by atoms with E-state index in [1.165, 1.54) is 0 Å². The zero-order valence-electron chi connectivity index (χ0n) is 8.70. The van der Waals surface area contributed by atoms with Gasteiger partial charge in [-0.25, -0.2) is 0 Å². The van der Waals surface area contributed by atoms with Crippen LogP contribution in [0.2, 0.25) is 0 Å². The number of hydrogen-bond donors (Lipinski definition) is 3. The van der Waals surface area contributed by atoms with Crippen LogP contribution < -0.4 is 11.1 Å². The van der Waals surface area contributed by atoms with E-state index in [1.54, 1.807) is 6.20 Å². The molecule has 0 amide bonds. The summed E-state index contributed by atoms with van der Waals surface area (Å²) in [7, 11) is 0. The Labute approximate surface area is 89.0 Å². The van der Waals surface area contributed by atoms with Gasteiger partial charge < -0.3 is 11.1 Å². The maximum Gasteiger partial charge on any atom is 0.0723 e. The molecular formula is C11H15N3O. The second kappa shape index (κ2) is 3.82. The van der Waals surface area contributed by atoms with E-state index in [0.717, 1.165) is 34.1 Å². The molecule has 4 N–H and O–H groups in total. The zero-order valence-corrected chi connectivity index (χ0v) is 8.70. The van der Waals surface area contributed by atoms with Crippen LogP contribution in [0.15, 0.2) is 18.3 Å². The molecule has 4 heteroatoms. The van der Waals surface area contributed by atoms with Gasteiger partial charge in [0.15, 0.2) is 0 Å². The van der Waals surface area contributed by atoms with E-state index in [4.69, 9.17) is 5.73 Å². The molecule has 1 heterocycles. The topological polar surface area (TPSA) is 61.5 Å². The van der Waals surface area contributed by atoms with Gasteiger partial charge in [-0.2, -0.15) is 0 Å². The summed E-state index contributed by atoms with van der Waals surface area (Å²) < 4.78 is 0. The van der Waals surface area contributed by atoms with Crippen molar-refractivity contribution in [3.63, 3.8) is 0 Å². The van der Waals surface area contributed by atoms with Crippen LogP contribution in [0.4, 0.5) is 11.4 Å². The molecular weight excluding hydrogens is 190 g/mol. The fourth-order valence-electron chi connectivity index (χ4n) is 1.78. The monoisotopic (exact) mass is 205 g/mol. The summed E-state index contributed by atoms with van der Waals surface area (Å²) in [5.74, 6) is 0. The average molecular weight is 205 g/mol. The molecule has 0 saturated heterocycles. The molecule has 1 aromatic carbocycles. The molecule has 0 aliphatic carbocycles. The fraction of sp³-hybridized carbons (Fsp3) is 0.273. The van der Waals surface area contributed by atoms with Crippen molar-refractivity contribution in [2.24, 2.45) is 0 Å². The Kier molecular flexibility index (Phi) is 2.51. The smallest absolute Gasteiger partial charge is 0.0723 e. The summed E-state index contributed by atoms with van der Waals surface area (Å²) in [6.45, 7) is 3.36. The molecule has 0 bridgehead atoms. The third-order valence-corrected chi connectivity index (χ3v) is 2.49. The van der Waals surface area contributed by atoms with Crippen LogP contribution >= 0.6 is 0 Å². The summed E-state index contributed by atoms with van der Waals surface area (Å²) in [5.41, 5.74) is 9.69. The number of anilines is 2. The van der Waals surface area contributed by atoms with Crippen molar-refractivity contribution in [2.45, 2.75) is 13.5 Å². The van der Waals surface area contributed by atoms with Crippen LogP contribution in [0.25, 0.3) is 6.08 Å². The molecule has 4 nitrogen and oxygen atoms in total. The number of nitrogen functional groups attached to an aromatic ring is 1. The predicted molar refractivity (Wildman–Crippen MR) is 61.4 cm³/mol. The van der Waals surface area contributed by atoms with Gasteiger partial charge in [0, 0.05) is 35.2 Å². The molecule has 0 radical (unpaired) electrons. The highest BCUT2D eigenvalue weighted by molar-refractivity contribution is 5.75. The average Bonchev–Trinajstić information content (AvgIpc) is 2.22. The molecule has 1 aromatic rings. The van der Waals surface area contributed by atoms with Gasteiger partial charge in [-0.1, -0.05) is 0 Å². The molecule has 0 aromatic heterocycles. The van der Waals surface area contributed by atoms with Crippen molar-refractivity contribution in [1.29, 1.82) is 0 Å². The second-order valence-electron chi connectivity index (χ2n) is 3.54. The lowest BCUT2D eigenvalue weighted by Gasteiger charge is -2.23. The standard InChI is InChI=1S/C11H15N3O/c1-2-13-11-4-3-10(12)8-5-6-14(15)7-9(8)11/h3-6,13,15H,2,7,12H2,1H3. The first kappa shape index (κ1) is 9.86. The third-order valence-electron chi connectivity index (χ3n) is 2.49. The lowest BCUT2D eigenvalue weighted by atomic mass is 10.0. The molecule has 15 heavy (non-hydrogen) atoms. The van der Waals surface area contributed by atoms with Gasteiger partial charge in [-0.15, -0.1) is 0 Å². The Bertz CT molecular complexity index is 401. The molecule has 0 saturated carbocycles. The van der Waals surface area contributed by atoms with Crippen molar-refractivity contribution in [3.8, 4) is 0 Å². The summed E-state index contributed by atoms with van der Waals surface area (Å²) >= 11 is 0. The van der Waals surface area contributed by atoms with Crippen molar-refractivity contribution in [3.05, 3.63) is 29.5 Å². The number of nitrogens with one attached hydrogen (secondary N) is 1. The van der Waals surface area contributed by atoms with E-state index >= 15 is 0 Å². The zero-order chi connectivity index (χ0) is 10.8. The summed E-state index contributed by atoms with van der Waals surface area (Å²) in [4.78, 5) is 0. The summed E-state index contributed by atoms with van der Waals surface area (Å²) in [6, 6.07) is 3.83. The third kappa shape index (κ3) is 1.76. The molecule has 0 unspecified atom stereocenters. The largest absolute Gasteiger partial charge is 0.398 e. The van der Waals surface area contributed by atoms with Crippen LogP contribution in [0.5, 0.6) is 0 Å². The minimum absolute atomic E-state index is 0.471. The van der Waals surface area contributed by atoms with E-state index < -0.39 is 0 Å². The number of benzene rings is 1. The van der Waals surface area contributed by atoms with Crippen LogP contribution in [0, 0.1) is 0 Å². The first-order chi connectivity index (χ1) is 7.22. The minimum atomic E-state index is 0.471. The number of hydroxylamine groups is 2. The van der Waals surface area contributed by atoms with Gasteiger partial charge >= 0.3 is 0 Å². The molecule has 1 aliphatic heterocycles. The second-order valence-corrected chi connectivity index (χ2v) is 3.54. The number of nitrogens with zero attached hydrogens (tertiary/aromatic N) is 1. The predicted octanol–water partition coefficient (Wildman–Crippen LogP) is 1.88. The highest BCUT2D eigenvalue weighted by Gasteiger charge is 2.15. The van der Waals surface area contributed by atoms with Gasteiger partial charge in [0.1, 0.15) is 0 Å². The molecule has 80 valence electrons. The van der Waals surface area contributed by atoms with E-state index in [0.29, 0.717) is 6.54 Å². The summed E-state index contributed by atoms with van der Waals surface area (Å²) in [5, 5.41) is 13.8. The van der Waals surface area contributed by atoms with Crippen molar-refractivity contribution in [2.75, 3.05) is 17.6 Å². The van der Waals surface area contributed by atoms with E-state index in [2.05, 4.69) is 5.32 Å². The number of fused-ring (bicyclic) bond motifs is 1. The lowest BCUT2D eigenvalue weighted by Crippen LogP contribution is -2.18. The first-order valence-electron chi connectivity index (χ1n) is 5.01. The molecule has 1 aliphatic rings. The van der Waals surface area contributed by atoms with Gasteiger partial charge in [0.25, 0.3) is 0 Å². The van der Waals surface area contributed by atoms with Crippen molar-refractivity contribution < 1.29 is 5.21 Å². The Morgan fingerprint density at radius 1 is 1.53 bits per heavy atom. The summed E-state index contributed by atoms with van der Waals surface area (Å²) in [6.07, 6.45) is 3.45. The number of nitrogens with two attached hydrogens (primary N) is 1. The van der Waals surface area contributed by atoms with E-state index in [9.17, 15) is 5.21 Å². The molecule has 0 fully saturated rings. The van der Waals surface area contributed by atoms with Crippen LogP contribution in [0.1, 0.15) is 18.1 Å².